The maximum absolute atomic E-state index is 13.2. The van der Waals surface area contributed by atoms with Gasteiger partial charge in [0.05, 0.1) is 0 Å². The number of hydrogen-bond donors (Lipinski definition) is 1. The Bertz CT molecular complexity index is 828. The lowest BCUT2D eigenvalue weighted by Gasteiger charge is -2.35. The standard InChI is InChI=1S/C19H15NO4S/c1-2-12-20(18(23)24)19(25-13-8-4-3-5-9-13)16(21)14-10-6-7-11-15(14)17(19)22/h2-11H,1,12H2,(H,23,24). The van der Waals surface area contributed by atoms with E-state index in [2.05, 4.69) is 6.58 Å². The average molecular weight is 353 g/mol. The Morgan fingerprint density at radius 1 is 1.04 bits per heavy atom. The molecule has 2 aromatic rings. The zero-order valence-corrected chi connectivity index (χ0v) is 14.0. The molecule has 0 unspecified atom stereocenters. The lowest BCUT2D eigenvalue weighted by atomic mass is 10.1. The lowest BCUT2D eigenvalue weighted by molar-refractivity contribution is 0.0672. The van der Waals surface area contributed by atoms with Gasteiger partial charge < -0.3 is 5.11 Å². The van der Waals surface area contributed by atoms with Gasteiger partial charge in [0.2, 0.25) is 16.4 Å². The Kier molecular flexibility index (Phi) is 4.46. The molecule has 6 heteroatoms. The fraction of sp³-hybridized carbons (Fsp3) is 0.105. The van der Waals surface area contributed by atoms with E-state index in [1.807, 2.05) is 6.07 Å². The smallest absolute Gasteiger partial charge is 0.409 e. The molecule has 0 fully saturated rings. The third-order valence-electron chi connectivity index (χ3n) is 3.96. The summed E-state index contributed by atoms with van der Waals surface area (Å²) in [6, 6.07) is 15.2. The van der Waals surface area contributed by atoms with Crippen molar-refractivity contribution in [3.8, 4) is 0 Å². The molecular formula is C19H15NO4S. The van der Waals surface area contributed by atoms with Crippen LogP contribution >= 0.6 is 11.8 Å². The van der Waals surface area contributed by atoms with E-state index in [1.54, 1.807) is 48.5 Å². The number of amides is 1. The second-order valence-corrected chi connectivity index (χ2v) is 6.71. The summed E-state index contributed by atoms with van der Waals surface area (Å²) in [6.07, 6.45) is 0.0168. The molecule has 0 bridgehead atoms. The van der Waals surface area contributed by atoms with Crippen LogP contribution in [-0.4, -0.2) is 39.1 Å². The molecule has 1 N–H and O–H groups in total. The Morgan fingerprint density at radius 2 is 1.56 bits per heavy atom. The molecule has 1 amide bonds. The number of carbonyl (C=O) groups is 3. The first-order valence-electron chi connectivity index (χ1n) is 7.56. The quantitative estimate of drug-likeness (QED) is 0.504. The fourth-order valence-electron chi connectivity index (χ4n) is 2.87. The van der Waals surface area contributed by atoms with Gasteiger partial charge in [-0.3, -0.25) is 14.5 Å². The third-order valence-corrected chi connectivity index (χ3v) is 5.36. The predicted octanol–water partition coefficient (Wildman–Crippen LogP) is 3.72. The van der Waals surface area contributed by atoms with Crippen LogP contribution in [0.3, 0.4) is 0 Å². The maximum atomic E-state index is 13.2. The first-order chi connectivity index (χ1) is 12.0. The molecule has 0 saturated carbocycles. The van der Waals surface area contributed by atoms with Crippen molar-refractivity contribution in [2.75, 3.05) is 6.54 Å². The van der Waals surface area contributed by atoms with Crippen LogP contribution in [-0.2, 0) is 0 Å². The number of thioether (sulfide) groups is 1. The number of benzene rings is 2. The number of carbonyl (C=O) groups excluding carboxylic acids is 2. The Hall–Kier alpha value is -2.86. The van der Waals surface area contributed by atoms with Crippen LogP contribution in [0.25, 0.3) is 0 Å². The molecule has 0 aromatic heterocycles. The summed E-state index contributed by atoms with van der Waals surface area (Å²) in [5.41, 5.74) is 0.484. The zero-order valence-electron chi connectivity index (χ0n) is 13.2. The fourth-order valence-corrected chi connectivity index (χ4v) is 4.17. The molecular weight excluding hydrogens is 338 g/mol. The van der Waals surface area contributed by atoms with Gasteiger partial charge in [-0.05, 0) is 12.1 Å². The first-order valence-corrected chi connectivity index (χ1v) is 8.38. The van der Waals surface area contributed by atoms with Crippen LogP contribution in [0.15, 0.2) is 72.1 Å². The Morgan fingerprint density at radius 3 is 2.04 bits per heavy atom. The van der Waals surface area contributed by atoms with Crippen molar-refractivity contribution in [3.05, 3.63) is 78.4 Å². The number of ketones is 2. The highest BCUT2D eigenvalue weighted by Crippen LogP contribution is 2.46. The number of rotatable bonds is 5. The normalized spacial score (nSPS) is 14.9. The van der Waals surface area contributed by atoms with E-state index in [1.165, 1.54) is 6.08 Å². The van der Waals surface area contributed by atoms with Crippen molar-refractivity contribution in [2.24, 2.45) is 0 Å². The number of fused-ring (bicyclic) bond motifs is 1. The Balaban J connectivity index is 2.20. The van der Waals surface area contributed by atoms with Gasteiger partial charge in [-0.2, -0.15) is 0 Å². The van der Waals surface area contributed by atoms with E-state index in [9.17, 15) is 19.5 Å². The van der Waals surface area contributed by atoms with Gasteiger partial charge in [-0.25, -0.2) is 4.79 Å². The van der Waals surface area contributed by atoms with Crippen molar-refractivity contribution >= 4 is 29.4 Å². The molecule has 0 spiro atoms. The lowest BCUT2D eigenvalue weighted by Crippen LogP contribution is -2.56. The number of Topliss-reactive ketones (excluding diaryl/α,β-unsaturated/α-hetero) is 2. The minimum atomic E-state index is -1.88. The van der Waals surface area contributed by atoms with Crippen molar-refractivity contribution in [1.29, 1.82) is 0 Å². The first kappa shape index (κ1) is 17.0. The van der Waals surface area contributed by atoms with Crippen molar-refractivity contribution in [2.45, 2.75) is 9.77 Å². The summed E-state index contributed by atoms with van der Waals surface area (Å²) in [5, 5.41) is 9.68. The Labute approximate surface area is 149 Å². The highest BCUT2D eigenvalue weighted by Gasteiger charge is 2.59. The third kappa shape index (κ3) is 2.64. The van der Waals surface area contributed by atoms with Crippen molar-refractivity contribution < 1.29 is 19.5 Å². The largest absolute Gasteiger partial charge is 0.465 e. The van der Waals surface area contributed by atoms with Gasteiger partial charge in [-0.15, -0.1) is 6.58 Å². The number of carboxylic acid groups (broad SMARTS) is 1. The average Bonchev–Trinajstić information content (AvgIpc) is 2.83. The molecule has 126 valence electrons. The molecule has 5 nitrogen and oxygen atoms in total. The van der Waals surface area contributed by atoms with Crippen LogP contribution < -0.4 is 0 Å². The topological polar surface area (TPSA) is 74.7 Å². The van der Waals surface area contributed by atoms with Gasteiger partial charge in [0.1, 0.15) is 0 Å². The van der Waals surface area contributed by atoms with Gasteiger partial charge in [0.15, 0.2) is 0 Å². The molecule has 0 heterocycles. The summed E-state index contributed by atoms with van der Waals surface area (Å²) >= 11 is 0.946. The number of hydrogen-bond acceptors (Lipinski definition) is 4. The highest BCUT2D eigenvalue weighted by molar-refractivity contribution is 8.02. The van der Waals surface area contributed by atoms with E-state index in [4.69, 9.17) is 0 Å². The summed E-state index contributed by atoms with van der Waals surface area (Å²) in [4.78, 5) is 37.8. The molecule has 1 aliphatic carbocycles. The summed E-state index contributed by atoms with van der Waals surface area (Å²) in [7, 11) is 0. The zero-order chi connectivity index (χ0) is 18.0. The number of nitrogens with zero attached hydrogens (tertiary/aromatic N) is 1. The minimum absolute atomic E-state index is 0.138. The molecule has 0 aliphatic heterocycles. The summed E-state index contributed by atoms with van der Waals surface area (Å²) in [6.45, 7) is 3.42. The summed E-state index contributed by atoms with van der Waals surface area (Å²) < 4.78 is 0. The monoisotopic (exact) mass is 353 g/mol. The molecule has 0 saturated heterocycles. The van der Waals surface area contributed by atoms with Crippen LogP contribution in [0, 0.1) is 0 Å². The van der Waals surface area contributed by atoms with E-state index in [-0.39, 0.29) is 17.7 Å². The highest BCUT2D eigenvalue weighted by atomic mass is 32.2. The van der Waals surface area contributed by atoms with Gasteiger partial charge in [0.25, 0.3) is 0 Å². The second-order valence-electron chi connectivity index (χ2n) is 5.44. The van der Waals surface area contributed by atoms with E-state index >= 15 is 0 Å². The van der Waals surface area contributed by atoms with E-state index in [0.29, 0.717) is 4.90 Å². The van der Waals surface area contributed by atoms with Crippen LogP contribution in [0.1, 0.15) is 20.7 Å². The van der Waals surface area contributed by atoms with Crippen molar-refractivity contribution in [3.63, 3.8) is 0 Å². The van der Waals surface area contributed by atoms with Crippen LogP contribution in [0.2, 0.25) is 0 Å². The van der Waals surface area contributed by atoms with E-state index in [0.717, 1.165) is 16.7 Å². The maximum Gasteiger partial charge on any atom is 0.409 e. The molecule has 3 rings (SSSR count). The second kappa shape index (κ2) is 6.57. The SMILES string of the molecule is C=CCN(C(=O)O)C1(Sc2ccccc2)C(=O)c2ccccc2C1=O. The minimum Gasteiger partial charge on any atom is -0.465 e. The summed E-state index contributed by atoms with van der Waals surface area (Å²) in [5.74, 6) is -1.04. The van der Waals surface area contributed by atoms with Gasteiger partial charge >= 0.3 is 6.09 Å². The molecule has 0 radical (unpaired) electrons. The van der Waals surface area contributed by atoms with Gasteiger partial charge in [-0.1, -0.05) is 60.3 Å². The molecule has 25 heavy (non-hydrogen) atoms. The van der Waals surface area contributed by atoms with Gasteiger partial charge in [0, 0.05) is 22.6 Å². The predicted molar refractivity (Wildman–Crippen MR) is 95.1 cm³/mol. The van der Waals surface area contributed by atoms with Crippen molar-refractivity contribution in [1.82, 2.24) is 4.90 Å². The molecule has 0 atom stereocenters. The molecule has 1 aliphatic rings. The van der Waals surface area contributed by atoms with Crippen LogP contribution in [0.5, 0.6) is 0 Å². The van der Waals surface area contributed by atoms with Crippen LogP contribution in [0.4, 0.5) is 4.79 Å². The molecule has 2 aromatic carbocycles. The van der Waals surface area contributed by atoms with E-state index < -0.39 is 22.5 Å².